The van der Waals surface area contributed by atoms with Crippen molar-refractivity contribution in [2.45, 2.75) is 19.0 Å². The molecule has 18 heavy (non-hydrogen) atoms. The summed E-state index contributed by atoms with van der Waals surface area (Å²) in [6.45, 7) is 1.10. The highest BCUT2D eigenvalue weighted by Crippen LogP contribution is 2.32. The summed E-state index contributed by atoms with van der Waals surface area (Å²) in [5, 5.41) is 18.2. The molecule has 0 spiro atoms. The second-order valence-electron chi connectivity index (χ2n) is 4.45. The Hall–Kier alpha value is -1.30. The van der Waals surface area contributed by atoms with Crippen molar-refractivity contribution < 1.29 is 19.7 Å². The maximum absolute atomic E-state index is 9.26. The van der Waals surface area contributed by atoms with Crippen molar-refractivity contribution in [2.75, 3.05) is 27.1 Å². The quantitative estimate of drug-likeness (QED) is 0.777. The topological polar surface area (TPSA) is 62.2 Å². The van der Waals surface area contributed by atoms with Gasteiger partial charge in [-0.3, -0.25) is 4.90 Å². The van der Waals surface area contributed by atoms with Crippen LogP contribution in [0, 0.1) is 0 Å². The number of ether oxygens (including phenoxy) is 2. The van der Waals surface area contributed by atoms with E-state index in [1.54, 1.807) is 0 Å². The van der Waals surface area contributed by atoms with Gasteiger partial charge in [0.15, 0.2) is 11.5 Å². The summed E-state index contributed by atoms with van der Waals surface area (Å²) in [6.07, 6.45) is 0.567. The zero-order valence-corrected chi connectivity index (χ0v) is 10.5. The molecule has 0 radical (unpaired) electrons. The van der Waals surface area contributed by atoms with Gasteiger partial charge >= 0.3 is 0 Å². The number of hydrogen-bond donors (Lipinski definition) is 2. The van der Waals surface area contributed by atoms with Gasteiger partial charge in [-0.25, -0.2) is 0 Å². The van der Waals surface area contributed by atoms with E-state index in [1.165, 1.54) is 0 Å². The summed E-state index contributed by atoms with van der Waals surface area (Å²) < 4.78 is 10.6. The Kier molecular flexibility index (Phi) is 4.41. The van der Waals surface area contributed by atoms with Gasteiger partial charge in [0, 0.05) is 19.2 Å². The molecule has 0 bridgehead atoms. The van der Waals surface area contributed by atoms with E-state index in [0.29, 0.717) is 13.0 Å². The minimum Gasteiger partial charge on any atom is -0.454 e. The minimum absolute atomic E-state index is 0.0274. The van der Waals surface area contributed by atoms with Crippen LogP contribution < -0.4 is 9.47 Å². The third-order valence-corrected chi connectivity index (χ3v) is 3.17. The number of aliphatic hydroxyl groups excluding tert-OH is 2. The SMILES string of the molecule is CN(Cc1ccc2c(c1)OCO2)C(CO)CCO. The Balaban J connectivity index is 2.00. The molecule has 1 unspecified atom stereocenters. The van der Waals surface area contributed by atoms with E-state index in [0.717, 1.165) is 17.1 Å². The Morgan fingerprint density at radius 3 is 2.78 bits per heavy atom. The summed E-state index contributed by atoms with van der Waals surface area (Å²) >= 11 is 0. The number of rotatable bonds is 6. The fourth-order valence-corrected chi connectivity index (χ4v) is 2.06. The number of nitrogens with zero attached hydrogens (tertiary/aromatic N) is 1. The maximum Gasteiger partial charge on any atom is 0.231 e. The average Bonchev–Trinajstić information content (AvgIpc) is 2.83. The van der Waals surface area contributed by atoms with Crippen LogP contribution in [0.5, 0.6) is 11.5 Å². The molecule has 1 aliphatic rings. The summed E-state index contributed by atoms with van der Waals surface area (Å²) in [4.78, 5) is 2.02. The molecule has 1 heterocycles. The lowest BCUT2D eigenvalue weighted by molar-refractivity contribution is 0.115. The highest BCUT2D eigenvalue weighted by atomic mass is 16.7. The molecular formula is C13H19NO4. The normalized spacial score (nSPS) is 15.1. The minimum atomic E-state index is -0.0274. The van der Waals surface area contributed by atoms with Gasteiger partial charge in [-0.15, -0.1) is 0 Å². The molecule has 0 fully saturated rings. The van der Waals surface area contributed by atoms with Crippen molar-refractivity contribution in [3.05, 3.63) is 23.8 Å². The summed E-state index contributed by atoms with van der Waals surface area (Å²) in [6, 6.07) is 5.80. The zero-order chi connectivity index (χ0) is 13.0. The summed E-state index contributed by atoms with van der Waals surface area (Å²) in [5.41, 5.74) is 1.10. The van der Waals surface area contributed by atoms with Crippen LogP contribution in [0.1, 0.15) is 12.0 Å². The molecule has 0 saturated heterocycles. The smallest absolute Gasteiger partial charge is 0.231 e. The van der Waals surface area contributed by atoms with Crippen LogP contribution in [0.15, 0.2) is 18.2 Å². The molecule has 100 valence electrons. The van der Waals surface area contributed by atoms with Gasteiger partial charge in [0.2, 0.25) is 6.79 Å². The molecule has 0 aromatic heterocycles. The molecule has 1 aromatic carbocycles. The van der Waals surface area contributed by atoms with E-state index < -0.39 is 0 Å². The van der Waals surface area contributed by atoms with E-state index in [4.69, 9.17) is 14.6 Å². The summed E-state index contributed by atoms with van der Waals surface area (Å²) in [7, 11) is 1.93. The van der Waals surface area contributed by atoms with Gasteiger partial charge in [-0.1, -0.05) is 6.07 Å². The van der Waals surface area contributed by atoms with E-state index in [2.05, 4.69) is 0 Å². The highest BCUT2D eigenvalue weighted by molar-refractivity contribution is 5.44. The second kappa shape index (κ2) is 6.04. The van der Waals surface area contributed by atoms with Gasteiger partial charge in [-0.2, -0.15) is 0 Å². The van der Waals surface area contributed by atoms with Crippen molar-refractivity contribution in [3.8, 4) is 11.5 Å². The monoisotopic (exact) mass is 253 g/mol. The average molecular weight is 253 g/mol. The fourth-order valence-electron chi connectivity index (χ4n) is 2.06. The van der Waals surface area contributed by atoms with E-state index >= 15 is 0 Å². The molecule has 2 rings (SSSR count). The second-order valence-corrected chi connectivity index (χ2v) is 4.45. The number of aliphatic hydroxyl groups is 2. The molecule has 5 nitrogen and oxygen atoms in total. The van der Waals surface area contributed by atoms with Crippen molar-refractivity contribution in [2.24, 2.45) is 0 Å². The Bertz CT molecular complexity index is 397. The van der Waals surface area contributed by atoms with Crippen molar-refractivity contribution >= 4 is 0 Å². The lowest BCUT2D eigenvalue weighted by Crippen LogP contribution is -2.35. The molecule has 2 N–H and O–H groups in total. The third kappa shape index (κ3) is 2.93. The van der Waals surface area contributed by atoms with Crippen LogP contribution >= 0.6 is 0 Å². The lowest BCUT2D eigenvalue weighted by Gasteiger charge is -2.25. The van der Waals surface area contributed by atoms with E-state index in [1.807, 2.05) is 30.1 Å². The highest BCUT2D eigenvalue weighted by Gasteiger charge is 2.16. The standard InChI is InChI=1S/C13H19NO4/c1-14(11(8-16)4-5-15)7-10-2-3-12-13(6-10)18-9-17-12/h2-3,6,11,15-16H,4-5,7-9H2,1H3. The van der Waals surface area contributed by atoms with Crippen molar-refractivity contribution in [1.29, 1.82) is 0 Å². The molecule has 0 aliphatic carbocycles. The first-order valence-corrected chi connectivity index (χ1v) is 6.05. The number of likely N-dealkylation sites (N-methyl/N-ethyl adjacent to an activating group) is 1. The van der Waals surface area contributed by atoms with Gasteiger partial charge in [-0.05, 0) is 31.2 Å². The number of benzene rings is 1. The van der Waals surface area contributed by atoms with Crippen LogP contribution in [0.25, 0.3) is 0 Å². The van der Waals surface area contributed by atoms with Gasteiger partial charge in [0.05, 0.1) is 6.61 Å². The molecule has 1 aliphatic heterocycles. The van der Waals surface area contributed by atoms with Crippen LogP contribution in [0.3, 0.4) is 0 Å². The van der Waals surface area contributed by atoms with Crippen LogP contribution in [0.2, 0.25) is 0 Å². The Morgan fingerprint density at radius 1 is 1.28 bits per heavy atom. The molecule has 0 amide bonds. The predicted octanol–water partition coefficient (Wildman–Crippen LogP) is 0.590. The fraction of sp³-hybridized carbons (Fsp3) is 0.538. The van der Waals surface area contributed by atoms with Gasteiger partial charge in [0.25, 0.3) is 0 Å². The first-order chi connectivity index (χ1) is 8.74. The van der Waals surface area contributed by atoms with Crippen LogP contribution in [-0.2, 0) is 6.54 Å². The van der Waals surface area contributed by atoms with E-state index in [-0.39, 0.29) is 26.0 Å². The molecule has 0 saturated carbocycles. The first-order valence-electron chi connectivity index (χ1n) is 6.05. The first kappa shape index (κ1) is 13.1. The van der Waals surface area contributed by atoms with Crippen molar-refractivity contribution in [1.82, 2.24) is 4.90 Å². The lowest BCUT2D eigenvalue weighted by atomic mass is 10.1. The van der Waals surface area contributed by atoms with Crippen molar-refractivity contribution in [3.63, 3.8) is 0 Å². The summed E-state index contributed by atoms with van der Waals surface area (Å²) in [5.74, 6) is 1.54. The number of hydrogen-bond acceptors (Lipinski definition) is 5. The maximum atomic E-state index is 9.26. The Labute approximate surface area is 107 Å². The molecular weight excluding hydrogens is 234 g/mol. The number of fused-ring (bicyclic) bond motifs is 1. The molecule has 1 aromatic rings. The van der Waals surface area contributed by atoms with Gasteiger partial charge in [0.1, 0.15) is 0 Å². The third-order valence-electron chi connectivity index (χ3n) is 3.17. The predicted molar refractivity (Wildman–Crippen MR) is 66.6 cm³/mol. The van der Waals surface area contributed by atoms with Crippen LogP contribution in [-0.4, -0.2) is 48.2 Å². The Morgan fingerprint density at radius 2 is 2.06 bits per heavy atom. The van der Waals surface area contributed by atoms with Gasteiger partial charge < -0.3 is 19.7 Å². The largest absolute Gasteiger partial charge is 0.454 e. The molecule has 1 atom stereocenters. The molecule has 5 heteroatoms. The van der Waals surface area contributed by atoms with E-state index in [9.17, 15) is 5.11 Å². The van der Waals surface area contributed by atoms with Crippen LogP contribution in [0.4, 0.5) is 0 Å². The zero-order valence-electron chi connectivity index (χ0n) is 10.5.